The molecule has 1 N–H and O–H groups in total. The summed E-state index contributed by atoms with van der Waals surface area (Å²) in [4.78, 5) is 14.7. The van der Waals surface area contributed by atoms with Crippen LogP contribution in [0.15, 0.2) is 24.3 Å². The molecule has 3 heteroatoms. The number of nitrogens with zero attached hydrogens (tertiary/aromatic N) is 1. The summed E-state index contributed by atoms with van der Waals surface area (Å²) in [5, 5.41) is 3.39. The van der Waals surface area contributed by atoms with Gasteiger partial charge in [-0.25, -0.2) is 0 Å². The molecule has 0 bridgehead atoms. The second kappa shape index (κ2) is 6.61. The number of rotatable bonds is 3. The number of amides is 1. The normalized spacial score (nSPS) is 17.0. The molecule has 1 heterocycles. The minimum atomic E-state index is 0.253. The first-order valence-corrected chi connectivity index (χ1v) is 7.96. The topological polar surface area (TPSA) is 32.3 Å². The van der Waals surface area contributed by atoms with Crippen molar-refractivity contribution < 1.29 is 4.79 Å². The molecule has 0 aliphatic carbocycles. The van der Waals surface area contributed by atoms with Gasteiger partial charge in [-0.3, -0.25) is 4.79 Å². The number of carbonyl (C=O) groups excluding carboxylic acids is 1. The predicted molar refractivity (Wildman–Crippen MR) is 88.4 cm³/mol. The van der Waals surface area contributed by atoms with Gasteiger partial charge < -0.3 is 10.2 Å². The monoisotopic (exact) mass is 288 g/mol. The van der Waals surface area contributed by atoms with E-state index in [0.29, 0.717) is 12.3 Å². The SMILES string of the molecule is CC(CC(=O)N1CCNCc2ccccc21)CC(C)(C)C. The van der Waals surface area contributed by atoms with Crippen LogP contribution in [0.3, 0.4) is 0 Å². The summed E-state index contributed by atoms with van der Waals surface area (Å²) in [7, 11) is 0. The van der Waals surface area contributed by atoms with E-state index in [4.69, 9.17) is 0 Å². The predicted octanol–water partition coefficient (Wildman–Crippen LogP) is 3.59. The zero-order valence-corrected chi connectivity index (χ0v) is 13.8. The number of fused-ring (bicyclic) bond motifs is 1. The molecule has 2 rings (SSSR count). The van der Waals surface area contributed by atoms with E-state index in [-0.39, 0.29) is 11.3 Å². The van der Waals surface area contributed by atoms with E-state index in [1.807, 2.05) is 17.0 Å². The fraction of sp³-hybridized carbons (Fsp3) is 0.611. The van der Waals surface area contributed by atoms with E-state index >= 15 is 0 Å². The first-order chi connectivity index (χ1) is 9.87. The average Bonchev–Trinajstić information content (AvgIpc) is 2.58. The number of para-hydroxylation sites is 1. The van der Waals surface area contributed by atoms with E-state index in [2.05, 4.69) is 45.1 Å². The fourth-order valence-corrected chi connectivity index (χ4v) is 3.24. The van der Waals surface area contributed by atoms with Gasteiger partial charge >= 0.3 is 0 Å². The third-order valence-electron chi connectivity index (χ3n) is 3.90. The molecule has 21 heavy (non-hydrogen) atoms. The van der Waals surface area contributed by atoms with Crippen LogP contribution in [0.1, 0.15) is 46.1 Å². The van der Waals surface area contributed by atoms with Crippen LogP contribution >= 0.6 is 0 Å². The van der Waals surface area contributed by atoms with Crippen molar-refractivity contribution >= 4 is 11.6 Å². The van der Waals surface area contributed by atoms with Crippen molar-refractivity contribution in [3.8, 4) is 0 Å². The maximum absolute atomic E-state index is 12.7. The molecule has 0 radical (unpaired) electrons. The first-order valence-electron chi connectivity index (χ1n) is 7.96. The highest BCUT2D eigenvalue weighted by Gasteiger charge is 2.24. The molecular formula is C18H28N2O. The van der Waals surface area contributed by atoms with Crippen molar-refractivity contribution in [3.05, 3.63) is 29.8 Å². The first kappa shape index (κ1) is 16.0. The van der Waals surface area contributed by atoms with Gasteiger partial charge in [0.25, 0.3) is 0 Å². The Kier molecular flexibility index (Phi) is 5.04. The minimum absolute atomic E-state index is 0.253. The molecular weight excluding hydrogens is 260 g/mol. The molecule has 0 saturated carbocycles. The number of carbonyl (C=O) groups is 1. The maximum atomic E-state index is 12.7. The van der Waals surface area contributed by atoms with Gasteiger partial charge in [-0.15, -0.1) is 0 Å². The Morgan fingerprint density at radius 3 is 2.76 bits per heavy atom. The van der Waals surface area contributed by atoms with Gasteiger partial charge in [-0.1, -0.05) is 45.9 Å². The lowest BCUT2D eigenvalue weighted by Crippen LogP contribution is -2.35. The lowest BCUT2D eigenvalue weighted by Gasteiger charge is -2.27. The van der Waals surface area contributed by atoms with Crippen molar-refractivity contribution in [1.29, 1.82) is 0 Å². The summed E-state index contributed by atoms with van der Waals surface area (Å²) in [5.41, 5.74) is 2.57. The zero-order valence-electron chi connectivity index (χ0n) is 13.8. The summed E-state index contributed by atoms with van der Waals surface area (Å²) >= 11 is 0. The van der Waals surface area contributed by atoms with E-state index < -0.39 is 0 Å². The van der Waals surface area contributed by atoms with Crippen molar-refractivity contribution in [3.63, 3.8) is 0 Å². The Hall–Kier alpha value is -1.35. The molecule has 1 aliphatic rings. The van der Waals surface area contributed by atoms with Crippen LogP contribution in [-0.2, 0) is 11.3 Å². The molecule has 0 spiro atoms. The van der Waals surface area contributed by atoms with Gasteiger partial charge in [0.2, 0.25) is 5.91 Å². The Labute approximate surface area is 128 Å². The van der Waals surface area contributed by atoms with Gasteiger partial charge in [-0.2, -0.15) is 0 Å². The van der Waals surface area contributed by atoms with Gasteiger partial charge in [0, 0.05) is 31.7 Å². The van der Waals surface area contributed by atoms with E-state index in [1.54, 1.807) is 0 Å². The second-order valence-electron chi connectivity index (χ2n) is 7.42. The molecule has 1 aliphatic heterocycles. The average molecular weight is 288 g/mol. The number of benzene rings is 1. The molecule has 116 valence electrons. The summed E-state index contributed by atoms with van der Waals surface area (Å²) in [5.74, 6) is 0.670. The largest absolute Gasteiger partial charge is 0.311 e. The van der Waals surface area contributed by atoms with E-state index in [1.165, 1.54) is 5.56 Å². The van der Waals surface area contributed by atoms with Gasteiger partial charge in [0.1, 0.15) is 0 Å². The van der Waals surface area contributed by atoms with Crippen molar-refractivity contribution in [2.45, 2.75) is 47.1 Å². The highest BCUT2D eigenvalue weighted by molar-refractivity contribution is 5.94. The zero-order chi connectivity index (χ0) is 15.5. The summed E-state index contributed by atoms with van der Waals surface area (Å²) in [6, 6.07) is 8.22. The van der Waals surface area contributed by atoms with Crippen LogP contribution in [-0.4, -0.2) is 19.0 Å². The Morgan fingerprint density at radius 1 is 1.33 bits per heavy atom. The van der Waals surface area contributed by atoms with E-state index in [0.717, 1.165) is 31.7 Å². The smallest absolute Gasteiger partial charge is 0.227 e. The van der Waals surface area contributed by atoms with Crippen molar-refractivity contribution in [1.82, 2.24) is 5.32 Å². The minimum Gasteiger partial charge on any atom is -0.311 e. The van der Waals surface area contributed by atoms with Crippen molar-refractivity contribution in [2.75, 3.05) is 18.0 Å². The van der Waals surface area contributed by atoms with Crippen LogP contribution in [0.25, 0.3) is 0 Å². The quantitative estimate of drug-likeness (QED) is 0.922. The van der Waals surface area contributed by atoms with Gasteiger partial charge in [0.05, 0.1) is 0 Å². The maximum Gasteiger partial charge on any atom is 0.227 e. The van der Waals surface area contributed by atoms with Crippen LogP contribution < -0.4 is 10.2 Å². The number of anilines is 1. The highest BCUT2D eigenvalue weighted by Crippen LogP contribution is 2.28. The number of nitrogens with one attached hydrogen (secondary N) is 1. The number of hydrogen-bond acceptors (Lipinski definition) is 2. The fourth-order valence-electron chi connectivity index (χ4n) is 3.24. The highest BCUT2D eigenvalue weighted by atomic mass is 16.2. The van der Waals surface area contributed by atoms with E-state index in [9.17, 15) is 4.79 Å². The molecule has 1 amide bonds. The van der Waals surface area contributed by atoms with Gasteiger partial charge in [0.15, 0.2) is 0 Å². The van der Waals surface area contributed by atoms with Crippen LogP contribution in [0.2, 0.25) is 0 Å². The number of hydrogen-bond donors (Lipinski definition) is 1. The van der Waals surface area contributed by atoms with Crippen LogP contribution in [0.4, 0.5) is 5.69 Å². The molecule has 3 nitrogen and oxygen atoms in total. The molecule has 1 aromatic rings. The summed E-state index contributed by atoms with van der Waals surface area (Å²) in [6.07, 6.45) is 1.71. The van der Waals surface area contributed by atoms with Crippen molar-refractivity contribution in [2.24, 2.45) is 11.3 Å². The Bertz CT molecular complexity index is 490. The molecule has 1 aromatic carbocycles. The second-order valence-corrected chi connectivity index (χ2v) is 7.42. The molecule has 0 fully saturated rings. The standard InChI is InChI=1S/C18H28N2O/c1-14(12-18(2,3)4)11-17(21)20-10-9-19-13-15-7-5-6-8-16(15)20/h5-8,14,19H,9-13H2,1-4H3. The van der Waals surface area contributed by atoms with Crippen LogP contribution in [0, 0.1) is 11.3 Å². The third kappa shape index (κ3) is 4.57. The van der Waals surface area contributed by atoms with Crippen LogP contribution in [0.5, 0.6) is 0 Å². The molecule has 0 saturated heterocycles. The Morgan fingerprint density at radius 2 is 2.05 bits per heavy atom. The molecule has 1 atom stereocenters. The lowest BCUT2D eigenvalue weighted by atomic mass is 9.84. The Balaban J connectivity index is 2.08. The summed E-state index contributed by atoms with van der Waals surface area (Å²) in [6.45, 7) is 11.4. The summed E-state index contributed by atoms with van der Waals surface area (Å²) < 4.78 is 0. The third-order valence-corrected chi connectivity index (χ3v) is 3.90. The molecule has 0 aromatic heterocycles. The lowest BCUT2D eigenvalue weighted by molar-refractivity contribution is -0.119. The van der Waals surface area contributed by atoms with Gasteiger partial charge in [-0.05, 0) is 29.4 Å². The molecule has 1 unspecified atom stereocenters.